The van der Waals surface area contributed by atoms with Crippen molar-refractivity contribution < 1.29 is 0 Å². The molecule has 1 aliphatic heterocycles. The van der Waals surface area contributed by atoms with E-state index in [1.165, 1.54) is 16.5 Å². The number of hydrogen-bond acceptors (Lipinski definition) is 2. The SMILES string of the molecule is Cn1c2c(c3cnccc31)C=CCC=N2. The van der Waals surface area contributed by atoms with Gasteiger partial charge >= 0.3 is 0 Å². The number of aryl methyl sites for hydroxylation is 1. The van der Waals surface area contributed by atoms with Gasteiger partial charge in [-0.2, -0.15) is 0 Å². The summed E-state index contributed by atoms with van der Waals surface area (Å²) in [6.45, 7) is 0. The number of aliphatic imine (C=N–C) groups is 1. The number of pyridine rings is 1. The van der Waals surface area contributed by atoms with Crippen LogP contribution in [0.2, 0.25) is 0 Å². The van der Waals surface area contributed by atoms with Crippen molar-refractivity contribution in [2.24, 2.45) is 12.0 Å². The molecule has 0 spiro atoms. The molecule has 0 unspecified atom stereocenters. The summed E-state index contributed by atoms with van der Waals surface area (Å²) >= 11 is 0. The van der Waals surface area contributed by atoms with E-state index < -0.39 is 0 Å². The molecule has 0 atom stereocenters. The molecule has 3 heteroatoms. The van der Waals surface area contributed by atoms with Crippen LogP contribution in [0.1, 0.15) is 12.0 Å². The number of fused-ring (bicyclic) bond motifs is 3. The Labute approximate surface area is 87.8 Å². The molecule has 0 N–H and O–H groups in total. The van der Waals surface area contributed by atoms with E-state index in [0.717, 1.165) is 12.2 Å². The van der Waals surface area contributed by atoms with Gasteiger partial charge in [0.2, 0.25) is 0 Å². The van der Waals surface area contributed by atoms with Gasteiger partial charge in [-0.3, -0.25) is 4.98 Å². The van der Waals surface area contributed by atoms with Gasteiger partial charge in [-0.25, -0.2) is 4.99 Å². The molecule has 2 aromatic heterocycles. The monoisotopic (exact) mass is 197 g/mol. The zero-order valence-electron chi connectivity index (χ0n) is 8.51. The summed E-state index contributed by atoms with van der Waals surface area (Å²) in [5.41, 5.74) is 2.35. The average molecular weight is 197 g/mol. The maximum atomic E-state index is 4.47. The molecule has 0 aromatic carbocycles. The Morgan fingerprint density at radius 1 is 1.40 bits per heavy atom. The summed E-state index contributed by atoms with van der Waals surface area (Å²) in [6, 6.07) is 2.02. The van der Waals surface area contributed by atoms with Crippen molar-refractivity contribution in [3.63, 3.8) is 0 Å². The van der Waals surface area contributed by atoms with E-state index in [4.69, 9.17) is 0 Å². The third-order valence-electron chi connectivity index (χ3n) is 2.75. The Hall–Kier alpha value is -1.90. The highest BCUT2D eigenvalue weighted by Crippen LogP contribution is 2.32. The molecule has 3 heterocycles. The molecule has 2 aromatic rings. The second-order valence-electron chi connectivity index (χ2n) is 3.64. The maximum Gasteiger partial charge on any atom is 0.140 e. The van der Waals surface area contributed by atoms with E-state index in [-0.39, 0.29) is 0 Å². The molecule has 1 aliphatic rings. The van der Waals surface area contributed by atoms with Crippen molar-refractivity contribution in [1.29, 1.82) is 0 Å². The first-order valence-corrected chi connectivity index (χ1v) is 4.99. The summed E-state index contributed by atoms with van der Waals surface area (Å²) in [7, 11) is 2.04. The van der Waals surface area contributed by atoms with Crippen LogP contribution in [0.5, 0.6) is 0 Å². The minimum absolute atomic E-state index is 0.899. The van der Waals surface area contributed by atoms with Gasteiger partial charge in [0.05, 0.1) is 5.52 Å². The summed E-state index contributed by atoms with van der Waals surface area (Å²) < 4.78 is 2.11. The van der Waals surface area contributed by atoms with Gasteiger partial charge in [-0.1, -0.05) is 12.2 Å². The first-order chi connectivity index (χ1) is 7.38. The number of rotatable bonds is 0. The Morgan fingerprint density at radius 3 is 3.27 bits per heavy atom. The molecule has 0 amide bonds. The van der Waals surface area contributed by atoms with Crippen LogP contribution in [0.3, 0.4) is 0 Å². The molecular formula is C12H11N3. The minimum atomic E-state index is 0.899. The van der Waals surface area contributed by atoms with Gasteiger partial charge in [0, 0.05) is 43.0 Å². The lowest BCUT2D eigenvalue weighted by Gasteiger charge is -1.97. The maximum absolute atomic E-state index is 4.47. The van der Waals surface area contributed by atoms with E-state index in [9.17, 15) is 0 Å². The molecule has 0 bridgehead atoms. The van der Waals surface area contributed by atoms with Crippen LogP contribution >= 0.6 is 0 Å². The van der Waals surface area contributed by atoms with Gasteiger partial charge in [-0.05, 0) is 6.07 Å². The first-order valence-electron chi connectivity index (χ1n) is 4.99. The molecule has 0 aliphatic carbocycles. The number of aromatic nitrogens is 2. The molecule has 0 fully saturated rings. The standard InChI is InChI=1S/C12H11N3/c1-15-11-5-7-13-8-10(11)9-4-2-3-6-14-12(9)15/h2,4-8H,3H2,1H3. The minimum Gasteiger partial charge on any atom is -0.328 e. The lowest BCUT2D eigenvalue weighted by atomic mass is 10.2. The van der Waals surface area contributed by atoms with E-state index in [1.807, 2.05) is 31.7 Å². The number of allylic oxidation sites excluding steroid dienone is 1. The van der Waals surface area contributed by atoms with E-state index >= 15 is 0 Å². The topological polar surface area (TPSA) is 30.2 Å². The normalized spacial score (nSPS) is 14.2. The molecule has 3 rings (SSSR count). The number of hydrogen-bond donors (Lipinski definition) is 0. The van der Waals surface area contributed by atoms with E-state index in [0.29, 0.717) is 0 Å². The second-order valence-corrected chi connectivity index (χ2v) is 3.64. The first kappa shape index (κ1) is 8.41. The molecule has 0 saturated carbocycles. The lowest BCUT2D eigenvalue weighted by molar-refractivity contribution is 0.963. The van der Waals surface area contributed by atoms with Crippen LogP contribution in [0, 0.1) is 0 Å². The van der Waals surface area contributed by atoms with Gasteiger partial charge < -0.3 is 4.57 Å². The van der Waals surface area contributed by atoms with Crippen LogP contribution in [0.4, 0.5) is 5.82 Å². The second kappa shape index (κ2) is 3.05. The summed E-state index contributed by atoms with van der Waals surface area (Å²) in [5, 5.41) is 1.17. The fraction of sp³-hybridized carbons (Fsp3) is 0.167. The van der Waals surface area contributed by atoms with Crippen LogP contribution < -0.4 is 0 Å². The third-order valence-corrected chi connectivity index (χ3v) is 2.75. The Morgan fingerprint density at radius 2 is 2.33 bits per heavy atom. The van der Waals surface area contributed by atoms with Crippen LogP contribution in [0.25, 0.3) is 17.0 Å². The lowest BCUT2D eigenvalue weighted by Crippen LogP contribution is -1.86. The van der Waals surface area contributed by atoms with Crippen LogP contribution in [0.15, 0.2) is 29.5 Å². The largest absolute Gasteiger partial charge is 0.328 e. The summed E-state index contributed by atoms with van der Waals surface area (Å²) in [4.78, 5) is 8.64. The third kappa shape index (κ3) is 1.13. The number of nitrogens with zero attached hydrogens (tertiary/aromatic N) is 3. The highest BCUT2D eigenvalue weighted by atomic mass is 15.1. The fourth-order valence-electron chi connectivity index (χ4n) is 2.01. The van der Waals surface area contributed by atoms with Crippen LogP contribution in [-0.2, 0) is 7.05 Å². The molecular weight excluding hydrogens is 186 g/mol. The van der Waals surface area contributed by atoms with E-state index in [2.05, 4.69) is 26.7 Å². The Kier molecular flexibility index (Phi) is 1.71. The van der Waals surface area contributed by atoms with Crippen molar-refractivity contribution in [3.05, 3.63) is 30.1 Å². The smallest absolute Gasteiger partial charge is 0.140 e. The summed E-state index contributed by atoms with van der Waals surface area (Å²) in [6.07, 6.45) is 10.8. The molecule has 74 valence electrons. The zero-order chi connectivity index (χ0) is 10.3. The van der Waals surface area contributed by atoms with Crippen molar-refractivity contribution in [2.45, 2.75) is 6.42 Å². The van der Waals surface area contributed by atoms with Gasteiger partial charge in [0.15, 0.2) is 0 Å². The molecule has 0 radical (unpaired) electrons. The van der Waals surface area contributed by atoms with E-state index in [1.54, 1.807) is 0 Å². The van der Waals surface area contributed by atoms with Crippen molar-refractivity contribution in [1.82, 2.24) is 9.55 Å². The fourth-order valence-corrected chi connectivity index (χ4v) is 2.01. The van der Waals surface area contributed by atoms with Crippen LogP contribution in [-0.4, -0.2) is 15.8 Å². The zero-order valence-corrected chi connectivity index (χ0v) is 8.51. The predicted molar refractivity (Wildman–Crippen MR) is 62.5 cm³/mol. The Bertz CT molecular complexity index is 576. The van der Waals surface area contributed by atoms with Gasteiger partial charge in [0.1, 0.15) is 5.82 Å². The highest BCUT2D eigenvalue weighted by Gasteiger charge is 2.12. The van der Waals surface area contributed by atoms with Crippen molar-refractivity contribution in [2.75, 3.05) is 0 Å². The van der Waals surface area contributed by atoms with Gasteiger partial charge in [0.25, 0.3) is 0 Å². The summed E-state index contributed by atoms with van der Waals surface area (Å²) in [5.74, 6) is 1.02. The molecule has 15 heavy (non-hydrogen) atoms. The van der Waals surface area contributed by atoms with Gasteiger partial charge in [-0.15, -0.1) is 0 Å². The highest BCUT2D eigenvalue weighted by molar-refractivity contribution is 5.96. The predicted octanol–water partition coefficient (Wildman–Crippen LogP) is 2.69. The molecule has 3 nitrogen and oxygen atoms in total. The van der Waals surface area contributed by atoms with Crippen molar-refractivity contribution in [3.8, 4) is 0 Å². The quantitative estimate of drug-likeness (QED) is 0.638. The van der Waals surface area contributed by atoms with Crippen molar-refractivity contribution >= 4 is 29.0 Å². The average Bonchev–Trinajstić information content (AvgIpc) is 2.48. The Balaban J connectivity index is 2.48. The molecule has 0 saturated heterocycles.